The number of hydrogen-bond acceptors (Lipinski definition) is 5. The van der Waals surface area contributed by atoms with E-state index in [1.807, 2.05) is 11.0 Å². The summed E-state index contributed by atoms with van der Waals surface area (Å²) in [6, 6.07) is 7.78. The summed E-state index contributed by atoms with van der Waals surface area (Å²) in [4.78, 5) is 41.2. The van der Waals surface area contributed by atoms with Crippen molar-refractivity contribution in [1.82, 2.24) is 14.4 Å². The van der Waals surface area contributed by atoms with Gasteiger partial charge in [0.15, 0.2) is 5.58 Å². The van der Waals surface area contributed by atoms with Crippen LogP contribution in [0.25, 0.3) is 11.1 Å². The summed E-state index contributed by atoms with van der Waals surface area (Å²) < 4.78 is 12.9. The summed E-state index contributed by atoms with van der Waals surface area (Å²) in [5, 5.41) is 0. The Kier molecular flexibility index (Phi) is 5.12. The molecule has 1 unspecified atom stereocenters. The Morgan fingerprint density at radius 2 is 1.87 bits per heavy atom. The van der Waals surface area contributed by atoms with E-state index in [4.69, 9.17) is 9.15 Å². The van der Waals surface area contributed by atoms with Gasteiger partial charge in [-0.1, -0.05) is 12.1 Å². The van der Waals surface area contributed by atoms with E-state index in [0.717, 1.165) is 38.5 Å². The van der Waals surface area contributed by atoms with Crippen LogP contribution in [0.15, 0.2) is 33.5 Å². The molecule has 3 heterocycles. The van der Waals surface area contributed by atoms with E-state index in [9.17, 15) is 14.4 Å². The van der Waals surface area contributed by atoms with Crippen LogP contribution >= 0.6 is 0 Å². The molecule has 8 nitrogen and oxygen atoms in total. The normalized spacial score (nSPS) is 23.3. The number of piperidine rings is 1. The molecule has 5 rings (SSSR count). The summed E-state index contributed by atoms with van der Waals surface area (Å²) in [7, 11) is 0. The molecule has 0 N–H and O–H groups in total. The number of fused-ring (bicyclic) bond motifs is 1. The fourth-order valence-corrected chi connectivity index (χ4v) is 5.32. The second kappa shape index (κ2) is 7.82. The van der Waals surface area contributed by atoms with Gasteiger partial charge in [-0.3, -0.25) is 14.2 Å². The minimum absolute atomic E-state index is 0.0217. The van der Waals surface area contributed by atoms with E-state index < -0.39 is 5.76 Å². The number of carbonyl (C=O) groups is 2. The lowest BCUT2D eigenvalue weighted by Gasteiger charge is -2.48. The van der Waals surface area contributed by atoms with Gasteiger partial charge in [-0.25, -0.2) is 4.79 Å². The topological polar surface area (TPSA) is 85.0 Å². The lowest BCUT2D eigenvalue weighted by Crippen LogP contribution is -2.55. The van der Waals surface area contributed by atoms with E-state index in [1.54, 1.807) is 25.1 Å². The van der Waals surface area contributed by atoms with Gasteiger partial charge >= 0.3 is 5.76 Å². The number of nitrogens with zero attached hydrogens (tertiary/aromatic N) is 3. The van der Waals surface area contributed by atoms with E-state index in [2.05, 4.69) is 4.90 Å². The van der Waals surface area contributed by atoms with Gasteiger partial charge in [-0.15, -0.1) is 0 Å². The van der Waals surface area contributed by atoms with E-state index in [1.165, 1.54) is 4.57 Å². The van der Waals surface area contributed by atoms with Crippen LogP contribution in [-0.4, -0.2) is 63.6 Å². The van der Waals surface area contributed by atoms with Gasteiger partial charge in [0.05, 0.1) is 11.1 Å². The monoisotopic (exact) mass is 427 g/mol. The van der Waals surface area contributed by atoms with Crippen molar-refractivity contribution in [2.75, 3.05) is 19.7 Å². The third-order valence-corrected chi connectivity index (χ3v) is 7.06. The van der Waals surface area contributed by atoms with Crippen LogP contribution in [0.2, 0.25) is 0 Å². The van der Waals surface area contributed by atoms with Gasteiger partial charge in [-0.2, -0.15) is 0 Å². The predicted octanol–water partition coefficient (Wildman–Crippen LogP) is 2.15. The van der Waals surface area contributed by atoms with Crippen LogP contribution in [0.3, 0.4) is 0 Å². The molecule has 2 aromatic rings. The lowest BCUT2D eigenvalue weighted by molar-refractivity contribution is -0.155. The van der Waals surface area contributed by atoms with Gasteiger partial charge in [0.25, 0.3) is 0 Å². The summed E-state index contributed by atoms with van der Waals surface area (Å²) in [6.45, 7) is 3.50. The first kappa shape index (κ1) is 20.3. The van der Waals surface area contributed by atoms with Crippen molar-refractivity contribution in [3.63, 3.8) is 0 Å². The third kappa shape index (κ3) is 3.89. The van der Waals surface area contributed by atoms with Crippen molar-refractivity contribution in [2.24, 2.45) is 0 Å². The number of oxazole rings is 1. The molecule has 0 radical (unpaired) electrons. The Labute approximate surface area is 180 Å². The largest absolute Gasteiger partial charge is 0.420 e. The highest BCUT2D eigenvalue weighted by molar-refractivity contribution is 5.79. The molecule has 2 saturated heterocycles. The van der Waals surface area contributed by atoms with Crippen molar-refractivity contribution in [3.8, 4) is 0 Å². The SMILES string of the molecule is CC(=O)N(C1CC1)C1CCOC2(CCN(C(=O)Cn3c(=O)oc4ccccc43)CC2)C1. The maximum absolute atomic E-state index is 12.9. The molecule has 2 amide bonds. The first-order valence-electron chi connectivity index (χ1n) is 11.2. The molecule has 1 spiro atoms. The summed E-state index contributed by atoms with van der Waals surface area (Å²) in [5.74, 6) is -0.431. The van der Waals surface area contributed by atoms with Crippen LogP contribution in [0.5, 0.6) is 0 Å². The Morgan fingerprint density at radius 1 is 1.13 bits per heavy atom. The Balaban J connectivity index is 1.23. The molecule has 8 heteroatoms. The van der Waals surface area contributed by atoms with Crippen LogP contribution in [-0.2, 0) is 20.9 Å². The number of likely N-dealkylation sites (tertiary alicyclic amines) is 1. The molecule has 3 fully saturated rings. The molecule has 0 bridgehead atoms. The maximum Gasteiger partial charge on any atom is 0.420 e. The molecule has 2 aliphatic heterocycles. The van der Waals surface area contributed by atoms with Gasteiger partial charge in [0, 0.05) is 38.7 Å². The van der Waals surface area contributed by atoms with Crippen LogP contribution in [0.4, 0.5) is 0 Å². The summed E-state index contributed by atoms with van der Waals surface area (Å²) >= 11 is 0. The average molecular weight is 428 g/mol. The minimum atomic E-state index is -0.508. The Bertz CT molecular complexity index is 1040. The fraction of sp³-hybridized carbons (Fsp3) is 0.609. The quantitative estimate of drug-likeness (QED) is 0.746. The van der Waals surface area contributed by atoms with Crippen LogP contribution < -0.4 is 5.76 Å². The van der Waals surface area contributed by atoms with E-state index >= 15 is 0 Å². The van der Waals surface area contributed by atoms with Crippen LogP contribution in [0, 0.1) is 0 Å². The number of para-hydroxylation sites is 2. The number of amides is 2. The van der Waals surface area contributed by atoms with Gasteiger partial charge in [0.2, 0.25) is 11.8 Å². The first-order chi connectivity index (χ1) is 15.0. The van der Waals surface area contributed by atoms with E-state index in [0.29, 0.717) is 36.8 Å². The van der Waals surface area contributed by atoms with Crippen molar-refractivity contribution in [1.29, 1.82) is 0 Å². The number of aromatic nitrogens is 1. The van der Waals surface area contributed by atoms with Gasteiger partial charge < -0.3 is 19.0 Å². The number of carbonyl (C=O) groups excluding carboxylic acids is 2. The molecule has 166 valence electrons. The molecule has 1 atom stereocenters. The maximum atomic E-state index is 12.9. The second-order valence-corrected chi connectivity index (χ2v) is 9.14. The molecule has 1 aromatic heterocycles. The van der Waals surface area contributed by atoms with Crippen molar-refractivity contribution in [3.05, 3.63) is 34.8 Å². The highest BCUT2D eigenvalue weighted by Crippen LogP contribution is 2.40. The summed E-state index contributed by atoms with van der Waals surface area (Å²) in [5.41, 5.74) is 0.865. The number of benzene rings is 1. The molecule has 31 heavy (non-hydrogen) atoms. The zero-order valence-corrected chi connectivity index (χ0v) is 17.9. The smallest absolute Gasteiger partial charge is 0.408 e. The van der Waals surface area contributed by atoms with Crippen molar-refractivity contribution < 1.29 is 18.7 Å². The van der Waals surface area contributed by atoms with Crippen LogP contribution in [0.1, 0.15) is 45.4 Å². The number of rotatable bonds is 4. The third-order valence-electron chi connectivity index (χ3n) is 7.06. The van der Waals surface area contributed by atoms with Gasteiger partial charge in [-0.05, 0) is 50.7 Å². The predicted molar refractivity (Wildman–Crippen MR) is 114 cm³/mol. The highest BCUT2D eigenvalue weighted by Gasteiger charge is 2.45. The number of ether oxygens (including phenoxy) is 1. The second-order valence-electron chi connectivity index (χ2n) is 9.14. The minimum Gasteiger partial charge on any atom is -0.408 e. The molecule has 1 aromatic carbocycles. The standard InChI is InChI=1S/C23H29N3O5/c1-16(27)26(17-6-7-17)18-8-13-30-23(14-18)9-11-24(12-10-23)21(28)15-25-19-4-2-3-5-20(19)31-22(25)29/h2-5,17-18H,6-15H2,1H3. The molecule has 1 aliphatic carbocycles. The van der Waals surface area contributed by atoms with Crippen molar-refractivity contribution in [2.45, 2.75) is 69.7 Å². The average Bonchev–Trinajstić information content (AvgIpc) is 3.52. The Morgan fingerprint density at radius 3 is 2.58 bits per heavy atom. The zero-order chi connectivity index (χ0) is 21.6. The van der Waals surface area contributed by atoms with Crippen molar-refractivity contribution >= 4 is 22.9 Å². The lowest BCUT2D eigenvalue weighted by atomic mass is 9.81. The molecular formula is C23H29N3O5. The zero-order valence-electron chi connectivity index (χ0n) is 17.9. The van der Waals surface area contributed by atoms with Gasteiger partial charge in [0.1, 0.15) is 6.54 Å². The first-order valence-corrected chi connectivity index (χ1v) is 11.2. The Hall–Kier alpha value is -2.61. The van der Waals surface area contributed by atoms with E-state index in [-0.39, 0.29) is 30.0 Å². The number of hydrogen-bond donors (Lipinski definition) is 0. The molecular weight excluding hydrogens is 398 g/mol. The molecule has 1 saturated carbocycles. The highest BCUT2D eigenvalue weighted by atomic mass is 16.5. The summed E-state index contributed by atoms with van der Waals surface area (Å²) in [6.07, 6.45) is 5.45. The fourth-order valence-electron chi connectivity index (χ4n) is 5.32. The molecule has 3 aliphatic rings.